The minimum Gasteiger partial charge on any atom is -0.0871 e. The van der Waals surface area contributed by atoms with Crippen molar-refractivity contribution >= 4 is 6.08 Å². The van der Waals surface area contributed by atoms with Crippen molar-refractivity contribution in [3.05, 3.63) is 66.2 Å². The van der Waals surface area contributed by atoms with Crippen LogP contribution in [0, 0.1) is 0 Å². The second-order valence-electron chi connectivity index (χ2n) is 3.49. The zero-order valence-corrected chi connectivity index (χ0v) is 10.9. The summed E-state index contributed by atoms with van der Waals surface area (Å²) in [6, 6.07) is 19.0. The van der Waals surface area contributed by atoms with Gasteiger partial charge in [-0.3, -0.25) is 0 Å². The van der Waals surface area contributed by atoms with E-state index in [-0.39, 0.29) is 7.43 Å². The van der Waals surface area contributed by atoms with E-state index in [1.54, 1.807) is 0 Å². The van der Waals surface area contributed by atoms with E-state index in [0.717, 1.165) is 0 Å². The van der Waals surface area contributed by atoms with Crippen molar-refractivity contribution in [1.29, 1.82) is 0 Å². The zero-order valence-electron chi connectivity index (χ0n) is 10.9. The molecule has 0 saturated heterocycles. The average molecular weight is 240 g/mol. The van der Waals surface area contributed by atoms with E-state index in [4.69, 9.17) is 0 Å². The molecule has 0 spiro atoms. The fraction of sp³-hybridized carbons (Fsp3) is 0.222. The Morgan fingerprint density at radius 3 is 1.72 bits per heavy atom. The highest BCUT2D eigenvalue weighted by atomic mass is 14.0. The first-order valence-corrected chi connectivity index (χ1v) is 6.18. The molecule has 96 valence electrons. The van der Waals surface area contributed by atoms with Gasteiger partial charge in [0.05, 0.1) is 0 Å². The van der Waals surface area contributed by atoms with Crippen LogP contribution in [0.15, 0.2) is 60.7 Å². The molecule has 0 unspecified atom stereocenters. The number of allylic oxidation sites excluding steroid dienone is 1. The highest BCUT2D eigenvalue weighted by Gasteiger charge is 1.94. The lowest BCUT2D eigenvalue weighted by molar-refractivity contribution is 1.50. The van der Waals surface area contributed by atoms with Gasteiger partial charge in [0.25, 0.3) is 0 Å². The normalized spacial score (nSPS) is 9.28. The molecule has 0 saturated carbocycles. The van der Waals surface area contributed by atoms with E-state index in [1.807, 2.05) is 26.8 Å². The SMILES string of the molecule is C.C/C=C/c1ccc(-c2ccccc2)cc1.CC. The monoisotopic (exact) mass is 240 g/mol. The summed E-state index contributed by atoms with van der Waals surface area (Å²) in [5.41, 5.74) is 3.78. The molecule has 0 amide bonds. The van der Waals surface area contributed by atoms with Gasteiger partial charge >= 0.3 is 0 Å². The minimum absolute atomic E-state index is 0. The maximum Gasteiger partial charge on any atom is -0.0184 e. The Labute approximate surface area is 112 Å². The van der Waals surface area contributed by atoms with Crippen molar-refractivity contribution in [2.75, 3.05) is 0 Å². The third kappa shape index (κ3) is 4.58. The average Bonchev–Trinajstić information content (AvgIpc) is 2.43. The standard InChI is InChI=1S/C15H14.C2H6.CH4/c1-2-6-13-9-11-15(12-10-13)14-7-4-3-5-8-14;1-2;/h2-12H,1H3;1-2H3;1H4/b6-2+;;. The van der Waals surface area contributed by atoms with E-state index in [0.29, 0.717) is 0 Å². The number of rotatable bonds is 2. The predicted molar refractivity (Wildman–Crippen MR) is 84.7 cm³/mol. The molecule has 0 heteroatoms. The number of hydrogen-bond acceptors (Lipinski definition) is 0. The molecule has 2 aromatic rings. The molecule has 0 fully saturated rings. The molecule has 0 radical (unpaired) electrons. The molecule has 0 aliphatic heterocycles. The minimum atomic E-state index is 0. The molecule has 2 rings (SSSR count). The van der Waals surface area contributed by atoms with E-state index in [2.05, 4.69) is 60.7 Å². The lowest BCUT2D eigenvalue weighted by atomic mass is 10.0. The number of hydrogen-bond donors (Lipinski definition) is 0. The summed E-state index contributed by atoms with van der Waals surface area (Å²) in [5, 5.41) is 0. The first-order chi connectivity index (χ1) is 8.40. The quantitative estimate of drug-likeness (QED) is 0.599. The molecular formula is C18H24. The Hall–Kier alpha value is -1.82. The molecule has 0 bridgehead atoms. The molecule has 0 N–H and O–H groups in total. The maximum atomic E-state index is 2.16. The van der Waals surface area contributed by atoms with Crippen LogP contribution in [0.5, 0.6) is 0 Å². The second-order valence-corrected chi connectivity index (χ2v) is 3.49. The fourth-order valence-electron chi connectivity index (χ4n) is 1.61. The van der Waals surface area contributed by atoms with Crippen LogP contribution in [-0.2, 0) is 0 Å². The molecule has 0 aliphatic carbocycles. The smallest absolute Gasteiger partial charge is 0.0184 e. The third-order valence-electron chi connectivity index (χ3n) is 2.38. The fourth-order valence-corrected chi connectivity index (χ4v) is 1.61. The van der Waals surface area contributed by atoms with E-state index >= 15 is 0 Å². The van der Waals surface area contributed by atoms with Crippen LogP contribution < -0.4 is 0 Å². The molecule has 2 aromatic carbocycles. The van der Waals surface area contributed by atoms with Gasteiger partial charge < -0.3 is 0 Å². The van der Waals surface area contributed by atoms with Crippen molar-refractivity contribution in [2.45, 2.75) is 28.2 Å². The van der Waals surface area contributed by atoms with Crippen molar-refractivity contribution in [2.24, 2.45) is 0 Å². The van der Waals surface area contributed by atoms with Gasteiger partial charge in [-0.05, 0) is 23.6 Å². The van der Waals surface area contributed by atoms with E-state index < -0.39 is 0 Å². The van der Waals surface area contributed by atoms with Crippen LogP contribution >= 0.6 is 0 Å². The van der Waals surface area contributed by atoms with Gasteiger partial charge in [-0.15, -0.1) is 0 Å². The zero-order chi connectivity index (χ0) is 12.5. The first kappa shape index (κ1) is 16.2. The van der Waals surface area contributed by atoms with E-state index in [1.165, 1.54) is 16.7 Å². The van der Waals surface area contributed by atoms with Gasteiger partial charge in [0.2, 0.25) is 0 Å². The van der Waals surface area contributed by atoms with Gasteiger partial charge in [-0.2, -0.15) is 0 Å². The summed E-state index contributed by atoms with van der Waals surface area (Å²) < 4.78 is 0. The Balaban J connectivity index is 0.000000917. The molecule has 0 atom stereocenters. The predicted octanol–water partition coefficient (Wildman–Crippen LogP) is 6.05. The topological polar surface area (TPSA) is 0 Å². The summed E-state index contributed by atoms with van der Waals surface area (Å²) in [4.78, 5) is 0. The van der Waals surface area contributed by atoms with Crippen LogP contribution in [0.25, 0.3) is 17.2 Å². The third-order valence-corrected chi connectivity index (χ3v) is 2.38. The summed E-state index contributed by atoms with van der Waals surface area (Å²) in [6.07, 6.45) is 4.16. The van der Waals surface area contributed by atoms with Gasteiger partial charge in [0, 0.05) is 0 Å². The van der Waals surface area contributed by atoms with Crippen LogP contribution in [0.4, 0.5) is 0 Å². The molecule has 0 aliphatic rings. The Morgan fingerprint density at radius 2 is 1.22 bits per heavy atom. The first-order valence-electron chi connectivity index (χ1n) is 6.18. The summed E-state index contributed by atoms with van der Waals surface area (Å²) >= 11 is 0. The molecule has 0 heterocycles. The van der Waals surface area contributed by atoms with Gasteiger partial charge in [0.1, 0.15) is 0 Å². The highest BCUT2D eigenvalue weighted by molar-refractivity contribution is 5.65. The number of benzene rings is 2. The Bertz CT molecular complexity index is 435. The highest BCUT2D eigenvalue weighted by Crippen LogP contribution is 2.19. The van der Waals surface area contributed by atoms with Crippen molar-refractivity contribution in [3.63, 3.8) is 0 Å². The Kier molecular flexibility index (Phi) is 8.30. The van der Waals surface area contributed by atoms with Crippen molar-refractivity contribution in [3.8, 4) is 11.1 Å². The van der Waals surface area contributed by atoms with Gasteiger partial charge in [0.15, 0.2) is 0 Å². The van der Waals surface area contributed by atoms with Gasteiger partial charge in [-0.1, -0.05) is 88.0 Å². The Morgan fingerprint density at radius 1 is 0.722 bits per heavy atom. The summed E-state index contributed by atoms with van der Waals surface area (Å²) in [7, 11) is 0. The van der Waals surface area contributed by atoms with Crippen LogP contribution in [0.1, 0.15) is 33.8 Å². The van der Waals surface area contributed by atoms with Crippen molar-refractivity contribution < 1.29 is 0 Å². The van der Waals surface area contributed by atoms with Gasteiger partial charge in [-0.25, -0.2) is 0 Å². The van der Waals surface area contributed by atoms with Crippen LogP contribution in [0.2, 0.25) is 0 Å². The van der Waals surface area contributed by atoms with Crippen LogP contribution in [-0.4, -0.2) is 0 Å². The molecule has 0 aromatic heterocycles. The van der Waals surface area contributed by atoms with Crippen molar-refractivity contribution in [1.82, 2.24) is 0 Å². The maximum absolute atomic E-state index is 2.16. The molecule has 0 nitrogen and oxygen atoms in total. The largest absolute Gasteiger partial charge is 0.0871 e. The molecular weight excluding hydrogens is 216 g/mol. The van der Waals surface area contributed by atoms with Crippen LogP contribution in [0.3, 0.4) is 0 Å². The lowest BCUT2D eigenvalue weighted by Crippen LogP contribution is -1.77. The second kappa shape index (κ2) is 9.23. The van der Waals surface area contributed by atoms with E-state index in [9.17, 15) is 0 Å². The molecule has 18 heavy (non-hydrogen) atoms. The summed E-state index contributed by atoms with van der Waals surface area (Å²) in [5.74, 6) is 0. The lowest BCUT2D eigenvalue weighted by Gasteiger charge is -2.01. The summed E-state index contributed by atoms with van der Waals surface area (Å²) in [6.45, 7) is 6.03.